The van der Waals surface area contributed by atoms with Crippen molar-refractivity contribution < 1.29 is 9.59 Å². The lowest BCUT2D eigenvalue weighted by Crippen LogP contribution is -2.41. The highest BCUT2D eigenvalue weighted by Crippen LogP contribution is 2.30. The van der Waals surface area contributed by atoms with E-state index >= 15 is 0 Å². The number of carbonyl (C=O) groups is 2. The predicted molar refractivity (Wildman–Crippen MR) is 144 cm³/mol. The topological polar surface area (TPSA) is 62.3 Å². The van der Waals surface area contributed by atoms with Crippen LogP contribution in [0.25, 0.3) is 6.08 Å². The molecule has 0 atom stereocenters. The minimum absolute atomic E-state index is 0.0844. The summed E-state index contributed by atoms with van der Waals surface area (Å²) in [6.07, 6.45) is 10.2. The van der Waals surface area contributed by atoms with Crippen molar-refractivity contribution in [2.24, 2.45) is 5.92 Å². The summed E-state index contributed by atoms with van der Waals surface area (Å²) in [6, 6.07) is 25.8. The van der Waals surface area contributed by atoms with Gasteiger partial charge in [0.25, 0.3) is 0 Å². The first-order chi connectivity index (χ1) is 17.7. The van der Waals surface area contributed by atoms with Gasteiger partial charge < -0.3 is 10.2 Å². The largest absolute Gasteiger partial charge is 0.353 e. The molecule has 186 valence electrons. The van der Waals surface area contributed by atoms with Crippen LogP contribution in [-0.2, 0) is 9.59 Å². The van der Waals surface area contributed by atoms with Gasteiger partial charge in [0.1, 0.15) is 0 Å². The average molecular weight is 482 g/mol. The Morgan fingerprint density at radius 1 is 0.889 bits per heavy atom. The van der Waals surface area contributed by atoms with Crippen molar-refractivity contribution in [1.82, 2.24) is 15.2 Å². The van der Waals surface area contributed by atoms with Crippen molar-refractivity contribution in [1.29, 1.82) is 0 Å². The second-order valence-electron chi connectivity index (χ2n) is 9.40. The summed E-state index contributed by atoms with van der Waals surface area (Å²) in [5.41, 5.74) is 2.87. The first kappa shape index (κ1) is 25.4. The monoisotopic (exact) mass is 481 g/mol. The third kappa shape index (κ3) is 7.38. The van der Waals surface area contributed by atoms with Gasteiger partial charge >= 0.3 is 0 Å². The molecule has 1 fully saturated rings. The highest BCUT2D eigenvalue weighted by Gasteiger charge is 2.30. The molecule has 1 aliphatic heterocycles. The third-order valence-electron chi connectivity index (χ3n) is 6.87. The van der Waals surface area contributed by atoms with E-state index < -0.39 is 0 Å². The number of pyridine rings is 1. The molecule has 0 saturated carbocycles. The van der Waals surface area contributed by atoms with Crippen LogP contribution in [0.3, 0.4) is 0 Å². The molecule has 2 aromatic carbocycles. The van der Waals surface area contributed by atoms with E-state index in [2.05, 4.69) is 39.5 Å². The van der Waals surface area contributed by atoms with Gasteiger partial charge in [-0.2, -0.15) is 0 Å². The van der Waals surface area contributed by atoms with Crippen LogP contribution in [0.4, 0.5) is 0 Å². The quantitative estimate of drug-likeness (QED) is 0.309. The number of nitrogens with one attached hydrogen (secondary N) is 1. The minimum Gasteiger partial charge on any atom is -0.353 e. The van der Waals surface area contributed by atoms with Crippen molar-refractivity contribution in [3.8, 4) is 0 Å². The SMILES string of the molecule is O=C(C=Cc1ccccn1)NCCCCC1CCN(C(=O)C(c2ccccc2)c2ccccc2)CC1. The van der Waals surface area contributed by atoms with Crippen LogP contribution in [0, 0.1) is 5.92 Å². The average Bonchev–Trinajstić information content (AvgIpc) is 2.94. The van der Waals surface area contributed by atoms with Crippen molar-refractivity contribution in [2.45, 2.75) is 38.0 Å². The lowest BCUT2D eigenvalue weighted by molar-refractivity contribution is -0.133. The Kier molecular flexibility index (Phi) is 9.43. The van der Waals surface area contributed by atoms with Gasteiger partial charge in [0.2, 0.25) is 11.8 Å². The maximum Gasteiger partial charge on any atom is 0.244 e. The third-order valence-corrected chi connectivity index (χ3v) is 6.87. The van der Waals surface area contributed by atoms with Crippen LogP contribution in [0.2, 0.25) is 0 Å². The number of likely N-dealkylation sites (tertiary alicyclic amines) is 1. The van der Waals surface area contributed by atoms with Crippen molar-refractivity contribution in [3.05, 3.63) is 108 Å². The fraction of sp³-hybridized carbons (Fsp3) is 0.323. The number of unbranched alkanes of at least 4 members (excludes halogenated alkanes) is 1. The number of nitrogens with zero attached hydrogens (tertiary/aromatic N) is 2. The van der Waals surface area contributed by atoms with Gasteiger partial charge in [-0.1, -0.05) is 79.6 Å². The first-order valence-corrected chi connectivity index (χ1v) is 13.0. The number of rotatable bonds is 10. The van der Waals surface area contributed by atoms with E-state index in [0.29, 0.717) is 12.5 Å². The van der Waals surface area contributed by atoms with Gasteiger partial charge in [0.15, 0.2) is 0 Å². The molecule has 4 rings (SSSR count). The number of hydrogen-bond acceptors (Lipinski definition) is 3. The molecule has 0 radical (unpaired) electrons. The highest BCUT2D eigenvalue weighted by atomic mass is 16.2. The molecular weight excluding hydrogens is 446 g/mol. The predicted octanol–water partition coefficient (Wildman–Crippen LogP) is 5.45. The van der Waals surface area contributed by atoms with Crippen LogP contribution in [0.5, 0.6) is 0 Å². The molecule has 1 aliphatic rings. The molecule has 2 heterocycles. The zero-order valence-electron chi connectivity index (χ0n) is 20.8. The van der Waals surface area contributed by atoms with Gasteiger partial charge in [0.05, 0.1) is 11.6 Å². The van der Waals surface area contributed by atoms with Gasteiger partial charge in [-0.3, -0.25) is 14.6 Å². The summed E-state index contributed by atoms with van der Waals surface area (Å²) >= 11 is 0. The lowest BCUT2D eigenvalue weighted by atomic mass is 9.87. The molecule has 0 unspecified atom stereocenters. The normalized spacial score (nSPS) is 14.3. The summed E-state index contributed by atoms with van der Waals surface area (Å²) in [7, 11) is 0. The van der Waals surface area contributed by atoms with Gasteiger partial charge in [-0.25, -0.2) is 0 Å². The van der Waals surface area contributed by atoms with Gasteiger partial charge in [0, 0.05) is 31.9 Å². The van der Waals surface area contributed by atoms with Crippen LogP contribution in [0.1, 0.15) is 54.8 Å². The summed E-state index contributed by atoms with van der Waals surface area (Å²) in [4.78, 5) is 31.8. The Bertz CT molecular complexity index is 1070. The molecule has 36 heavy (non-hydrogen) atoms. The fourth-order valence-corrected chi connectivity index (χ4v) is 4.86. The molecule has 1 aromatic heterocycles. The molecule has 2 amide bonds. The number of aromatic nitrogens is 1. The Morgan fingerprint density at radius 3 is 2.14 bits per heavy atom. The molecule has 5 heteroatoms. The number of hydrogen-bond donors (Lipinski definition) is 1. The maximum absolute atomic E-state index is 13.6. The summed E-state index contributed by atoms with van der Waals surface area (Å²) in [5.74, 6) is 0.506. The lowest BCUT2D eigenvalue weighted by Gasteiger charge is -2.34. The number of benzene rings is 2. The van der Waals surface area contributed by atoms with Crippen LogP contribution in [0.15, 0.2) is 91.1 Å². The molecule has 0 bridgehead atoms. The molecule has 5 nitrogen and oxygen atoms in total. The van der Waals surface area contributed by atoms with Gasteiger partial charge in [-0.05, 0) is 54.5 Å². The highest BCUT2D eigenvalue weighted by molar-refractivity contribution is 5.91. The second-order valence-corrected chi connectivity index (χ2v) is 9.40. The van der Waals surface area contributed by atoms with Gasteiger partial charge in [-0.15, -0.1) is 0 Å². The number of piperidine rings is 1. The molecule has 1 N–H and O–H groups in total. The van der Waals surface area contributed by atoms with E-state index in [1.54, 1.807) is 12.3 Å². The summed E-state index contributed by atoms with van der Waals surface area (Å²) < 4.78 is 0. The number of amides is 2. The first-order valence-electron chi connectivity index (χ1n) is 13.0. The van der Waals surface area contributed by atoms with Crippen molar-refractivity contribution in [2.75, 3.05) is 19.6 Å². The standard InChI is InChI=1S/C31H35N3O2/c35-29(18-17-28-16-8-10-21-32-28)33-22-9-7-11-25-19-23-34(24-20-25)31(36)30(26-12-3-1-4-13-26)27-14-5-2-6-15-27/h1-6,8,10,12-18,21,25,30H,7,9,11,19-20,22-24H2,(H,33,35). The van der Waals surface area contributed by atoms with Crippen LogP contribution >= 0.6 is 0 Å². The smallest absolute Gasteiger partial charge is 0.244 e. The van der Waals surface area contributed by atoms with E-state index in [1.165, 1.54) is 6.08 Å². The zero-order chi connectivity index (χ0) is 25.0. The molecule has 0 aliphatic carbocycles. The van der Waals surface area contributed by atoms with E-state index in [0.717, 1.165) is 62.0 Å². The number of carbonyl (C=O) groups excluding carboxylic acids is 2. The van der Waals surface area contributed by atoms with Crippen molar-refractivity contribution in [3.63, 3.8) is 0 Å². The molecule has 0 spiro atoms. The minimum atomic E-state index is -0.251. The van der Waals surface area contributed by atoms with E-state index in [1.807, 2.05) is 54.6 Å². The summed E-state index contributed by atoms with van der Waals surface area (Å²) in [5, 5.41) is 2.95. The van der Waals surface area contributed by atoms with E-state index in [9.17, 15) is 9.59 Å². The fourth-order valence-electron chi connectivity index (χ4n) is 4.86. The summed E-state index contributed by atoms with van der Waals surface area (Å²) in [6.45, 7) is 2.31. The maximum atomic E-state index is 13.6. The Morgan fingerprint density at radius 2 is 1.53 bits per heavy atom. The van der Waals surface area contributed by atoms with Crippen LogP contribution < -0.4 is 5.32 Å². The zero-order valence-corrected chi connectivity index (χ0v) is 20.8. The molecule has 3 aromatic rings. The second kappa shape index (κ2) is 13.4. The van der Waals surface area contributed by atoms with Crippen molar-refractivity contribution >= 4 is 17.9 Å². The Balaban J connectivity index is 1.19. The Hall–Kier alpha value is -3.73. The van der Waals surface area contributed by atoms with Crippen LogP contribution in [-0.4, -0.2) is 41.3 Å². The van der Waals surface area contributed by atoms with E-state index in [4.69, 9.17) is 0 Å². The molecule has 1 saturated heterocycles. The molecular formula is C31H35N3O2. The Labute approximate surface area is 214 Å². The van der Waals surface area contributed by atoms with E-state index in [-0.39, 0.29) is 17.7 Å².